The standard InChI is InChI=1S/C12H9NO4/c14-5-3-7-10(9(16)4-5)6-1-2-8(15)12(17)11(6)13-7/h1-4,13-17H. The highest BCUT2D eigenvalue weighted by Crippen LogP contribution is 2.41. The van der Waals surface area contributed by atoms with E-state index in [0.717, 1.165) is 0 Å². The summed E-state index contributed by atoms with van der Waals surface area (Å²) in [5.41, 5.74) is 0.805. The highest BCUT2D eigenvalue weighted by molar-refractivity contribution is 6.12. The van der Waals surface area contributed by atoms with Gasteiger partial charge in [0.1, 0.15) is 11.5 Å². The van der Waals surface area contributed by atoms with Gasteiger partial charge in [0.05, 0.1) is 11.0 Å². The van der Waals surface area contributed by atoms with Crippen molar-refractivity contribution in [1.29, 1.82) is 0 Å². The molecule has 5 N–H and O–H groups in total. The first-order valence-electron chi connectivity index (χ1n) is 4.96. The van der Waals surface area contributed by atoms with Crippen LogP contribution in [-0.2, 0) is 0 Å². The van der Waals surface area contributed by atoms with E-state index >= 15 is 0 Å². The third-order valence-electron chi connectivity index (χ3n) is 2.79. The molecule has 5 nitrogen and oxygen atoms in total. The van der Waals surface area contributed by atoms with E-state index in [2.05, 4.69) is 4.98 Å². The average molecular weight is 231 g/mol. The number of benzene rings is 2. The number of rotatable bonds is 0. The number of hydrogen-bond donors (Lipinski definition) is 5. The average Bonchev–Trinajstić information content (AvgIpc) is 2.62. The molecule has 0 radical (unpaired) electrons. The lowest BCUT2D eigenvalue weighted by molar-refractivity contribution is 0.407. The molecule has 3 rings (SSSR count). The van der Waals surface area contributed by atoms with Crippen molar-refractivity contribution in [3.8, 4) is 23.0 Å². The lowest BCUT2D eigenvalue weighted by atomic mass is 10.1. The number of aromatic nitrogens is 1. The van der Waals surface area contributed by atoms with Crippen LogP contribution in [0.3, 0.4) is 0 Å². The molecule has 0 amide bonds. The highest BCUT2D eigenvalue weighted by atomic mass is 16.3. The largest absolute Gasteiger partial charge is 0.508 e. The zero-order chi connectivity index (χ0) is 12.2. The van der Waals surface area contributed by atoms with Crippen LogP contribution in [0.4, 0.5) is 0 Å². The smallest absolute Gasteiger partial charge is 0.182 e. The van der Waals surface area contributed by atoms with Crippen molar-refractivity contribution in [2.45, 2.75) is 0 Å². The molecular weight excluding hydrogens is 222 g/mol. The van der Waals surface area contributed by atoms with Crippen LogP contribution in [0.15, 0.2) is 24.3 Å². The molecule has 1 aromatic heterocycles. The first kappa shape index (κ1) is 9.65. The van der Waals surface area contributed by atoms with Crippen LogP contribution >= 0.6 is 0 Å². The van der Waals surface area contributed by atoms with Crippen molar-refractivity contribution in [1.82, 2.24) is 4.98 Å². The van der Waals surface area contributed by atoms with Crippen LogP contribution < -0.4 is 0 Å². The van der Waals surface area contributed by atoms with Crippen molar-refractivity contribution in [3.05, 3.63) is 24.3 Å². The van der Waals surface area contributed by atoms with Crippen LogP contribution in [0.5, 0.6) is 23.0 Å². The fourth-order valence-corrected chi connectivity index (χ4v) is 2.04. The Morgan fingerprint density at radius 2 is 1.65 bits per heavy atom. The van der Waals surface area contributed by atoms with E-state index in [0.29, 0.717) is 21.8 Å². The van der Waals surface area contributed by atoms with Crippen molar-refractivity contribution >= 4 is 21.8 Å². The molecule has 2 aromatic carbocycles. The summed E-state index contributed by atoms with van der Waals surface area (Å²) in [4.78, 5) is 2.84. The van der Waals surface area contributed by atoms with E-state index in [9.17, 15) is 20.4 Å². The SMILES string of the molecule is Oc1cc(O)c2c(c1)[nH]c1c(O)c(O)ccc12. The molecule has 3 aromatic rings. The van der Waals surface area contributed by atoms with Gasteiger partial charge >= 0.3 is 0 Å². The molecule has 0 atom stereocenters. The first-order valence-corrected chi connectivity index (χ1v) is 4.96. The minimum atomic E-state index is -0.280. The summed E-state index contributed by atoms with van der Waals surface area (Å²) in [6.45, 7) is 0. The number of H-pyrrole nitrogens is 1. The number of fused-ring (bicyclic) bond motifs is 3. The van der Waals surface area contributed by atoms with Crippen LogP contribution in [0.2, 0.25) is 0 Å². The summed E-state index contributed by atoms with van der Waals surface area (Å²) in [6.07, 6.45) is 0. The second kappa shape index (κ2) is 2.98. The summed E-state index contributed by atoms with van der Waals surface area (Å²) < 4.78 is 0. The van der Waals surface area contributed by atoms with Crippen molar-refractivity contribution in [2.75, 3.05) is 0 Å². The third kappa shape index (κ3) is 1.19. The number of phenols is 4. The topological polar surface area (TPSA) is 96.7 Å². The Kier molecular flexibility index (Phi) is 1.69. The van der Waals surface area contributed by atoms with Gasteiger partial charge in [-0.05, 0) is 12.1 Å². The maximum atomic E-state index is 9.78. The molecule has 0 aliphatic carbocycles. The summed E-state index contributed by atoms with van der Waals surface area (Å²) >= 11 is 0. The van der Waals surface area contributed by atoms with Gasteiger partial charge in [0.25, 0.3) is 0 Å². The van der Waals surface area contributed by atoms with Crippen LogP contribution in [0.25, 0.3) is 21.8 Å². The molecule has 0 aliphatic rings. The number of hydrogen-bond acceptors (Lipinski definition) is 4. The van der Waals surface area contributed by atoms with Crippen molar-refractivity contribution in [2.24, 2.45) is 0 Å². The van der Waals surface area contributed by atoms with Crippen LogP contribution in [-0.4, -0.2) is 25.4 Å². The molecule has 0 saturated carbocycles. The number of phenolic OH excluding ortho intramolecular Hbond substituents is 4. The summed E-state index contributed by atoms with van der Waals surface area (Å²) in [5.74, 6) is -0.688. The Bertz CT molecular complexity index is 745. The Balaban J connectivity index is 2.59. The van der Waals surface area contributed by atoms with Gasteiger partial charge in [-0.2, -0.15) is 0 Å². The predicted octanol–water partition coefficient (Wildman–Crippen LogP) is 2.14. The second-order valence-electron chi connectivity index (χ2n) is 3.87. The predicted molar refractivity (Wildman–Crippen MR) is 62.5 cm³/mol. The van der Waals surface area contributed by atoms with Crippen molar-refractivity contribution in [3.63, 3.8) is 0 Å². The molecule has 86 valence electrons. The van der Waals surface area contributed by atoms with Gasteiger partial charge in [-0.1, -0.05) is 0 Å². The van der Waals surface area contributed by atoms with E-state index in [-0.39, 0.29) is 23.0 Å². The number of aromatic amines is 1. The van der Waals surface area contributed by atoms with E-state index in [1.54, 1.807) is 6.07 Å². The van der Waals surface area contributed by atoms with Gasteiger partial charge in [-0.15, -0.1) is 0 Å². The van der Waals surface area contributed by atoms with Gasteiger partial charge in [0.15, 0.2) is 11.5 Å². The van der Waals surface area contributed by atoms with Gasteiger partial charge in [-0.3, -0.25) is 0 Å². The lowest BCUT2D eigenvalue weighted by Crippen LogP contribution is -1.72. The third-order valence-corrected chi connectivity index (χ3v) is 2.79. The van der Waals surface area contributed by atoms with E-state index < -0.39 is 0 Å². The molecular formula is C12H9NO4. The van der Waals surface area contributed by atoms with Gasteiger partial charge in [-0.25, -0.2) is 0 Å². The minimum Gasteiger partial charge on any atom is -0.508 e. The molecule has 0 saturated heterocycles. The number of nitrogens with one attached hydrogen (secondary N) is 1. The molecule has 0 spiro atoms. The summed E-state index contributed by atoms with van der Waals surface area (Å²) in [5, 5.41) is 39.3. The molecule has 0 bridgehead atoms. The van der Waals surface area contributed by atoms with Gasteiger partial charge < -0.3 is 25.4 Å². The Morgan fingerprint density at radius 3 is 2.41 bits per heavy atom. The molecule has 0 fully saturated rings. The van der Waals surface area contributed by atoms with E-state index in [1.165, 1.54) is 18.2 Å². The second-order valence-corrected chi connectivity index (χ2v) is 3.87. The fourth-order valence-electron chi connectivity index (χ4n) is 2.04. The van der Waals surface area contributed by atoms with Gasteiger partial charge in [0.2, 0.25) is 0 Å². The lowest BCUT2D eigenvalue weighted by Gasteiger charge is -1.99. The van der Waals surface area contributed by atoms with Crippen molar-refractivity contribution < 1.29 is 20.4 Å². The van der Waals surface area contributed by atoms with E-state index in [1.807, 2.05) is 0 Å². The zero-order valence-electron chi connectivity index (χ0n) is 8.60. The Hall–Kier alpha value is -2.56. The molecule has 0 aliphatic heterocycles. The normalized spacial score (nSPS) is 11.3. The molecule has 17 heavy (non-hydrogen) atoms. The Morgan fingerprint density at radius 1 is 0.882 bits per heavy atom. The summed E-state index contributed by atoms with van der Waals surface area (Å²) in [7, 11) is 0. The first-order chi connectivity index (χ1) is 8.08. The molecule has 0 unspecified atom stereocenters. The maximum Gasteiger partial charge on any atom is 0.182 e. The maximum absolute atomic E-state index is 9.78. The zero-order valence-corrected chi connectivity index (χ0v) is 8.60. The quantitative estimate of drug-likeness (QED) is 0.383. The highest BCUT2D eigenvalue weighted by Gasteiger charge is 2.14. The van der Waals surface area contributed by atoms with E-state index in [4.69, 9.17) is 0 Å². The van der Waals surface area contributed by atoms with Crippen LogP contribution in [0, 0.1) is 0 Å². The minimum absolute atomic E-state index is 0.0785. The molecule has 1 heterocycles. The fraction of sp³-hybridized carbons (Fsp3) is 0. The van der Waals surface area contributed by atoms with Crippen LogP contribution in [0.1, 0.15) is 0 Å². The monoisotopic (exact) mass is 231 g/mol. The molecule has 5 heteroatoms. The number of aromatic hydroxyl groups is 4. The summed E-state index contributed by atoms with van der Waals surface area (Å²) in [6, 6.07) is 5.59. The Labute approximate surface area is 95.2 Å². The van der Waals surface area contributed by atoms with Gasteiger partial charge in [0, 0.05) is 22.9 Å².